The van der Waals surface area contributed by atoms with Crippen LogP contribution in [0.2, 0.25) is 0 Å². The van der Waals surface area contributed by atoms with E-state index < -0.39 is 0 Å². The molecule has 1 saturated heterocycles. The highest BCUT2D eigenvalue weighted by Gasteiger charge is 2.46. The van der Waals surface area contributed by atoms with Crippen LogP contribution in [-0.4, -0.2) is 45.2 Å². The highest BCUT2D eigenvalue weighted by molar-refractivity contribution is 5.84. The first-order chi connectivity index (χ1) is 9.66. The van der Waals surface area contributed by atoms with Gasteiger partial charge in [0.15, 0.2) is 0 Å². The van der Waals surface area contributed by atoms with Gasteiger partial charge in [-0.05, 0) is 25.7 Å². The summed E-state index contributed by atoms with van der Waals surface area (Å²) in [6.45, 7) is 2.10. The summed E-state index contributed by atoms with van der Waals surface area (Å²) in [5.74, 6) is 1.55. The van der Waals surface area contributed by atoms with Crippen molar-refractivity contribution in [3.05, 3.63) is 12.2 Å². The highest BCUT2D eigenvalue weighted by atomic mass is 16.2. The maximum absolute atomic E-state index is 12.7. The lowest BCUT2D eigenvalue weighted by molar-refractivity contribution is -0.148. The number of amides is 1. The number of rotatable bonds is 3. The lowest BCUT2D eigenvalue weighted by Gasteiger charge is -2.44. The predicted octanol–water partition coefficient (Wildman–Crippen LogP) is 0.650. The van der Waals surface area contributed by atoms with Crippen molar-refractivity contribution in [1.82, 2.24) is 19.7 Å². The Bertz CT molecular complexity index is 488. The first-order valence-corrected chi connectivity index (χ1v) is 7.50. The molecular formula is C14H23N5O. The van der Waals surface area contributed by atoms with Gasteiger partial charge in [-0.25, -0.2) is 0 Å². The van der Waals surface area contributed by atoms with E-state index in [1.807, 2.05) is 16.5 Å². The van der Waals surface area contributed by atoms with E-state index in [2.05, 4.69) is 10.2 Å². The normalized spacial score (nSPS) is 25.3. The van der Waals surface area contributed by atoms with Crippen molar-refractivity contribution in [2.24, 2.45) is 18.2 Å². The zero-order valence-electron chi connectivity index (χ0n) is 12.1. The molecule has 0 aromatic carbocycles. The van der Waals surface area contributed by atoms with Crippen LogP contribution in [0.4, 0.5) is 0 Å². The molecule has 2 N–H and O–H groups in total. The van der Waals surface area contributed by atoms with Crippen LogP contribution in [0, 0.1) is 5.41 Å². The molecule has 6 heteroatoms. The monoisotopic (exact) mass is 277 g/mol. The number of carbonyl (C=O) groups is 1. The molecule has 2 fully saturated rings. The third-order valence-electron chi connectivity index (χ3n) is 4.98. The molecular weight excluding hydrogens is 254 g/mol. The van der Waals surface area contributed by atoms with E-state index in [1.54, 1.807) is 6.33 Å². The second-order valence-electron chi connectivity index (χ2n) is 6.23. The first kappa shape index (κ1) is 13.5. The van der Waals surface area contributed by atoms with E-state index in [1.165, 1.54) is 0 Å². The maximum Gasteiger partial charge on any atom is 0.230 e. The fourth-order valence-corrected chi connectivity index (χ4v) is 3.48. The molecule has 1 unspecified atom stereocenters. The molecule has 1 saturated carbocycles. The molecule has 1 aliphatic heterocycles. The third-order valence-corrected chi connectivity index (χ3v) is 4.98. The van der Waals surface area contributed by atoms with Crippen molar-refractivity contribution in [3.8, 4) is 0 Å². The number of likely N-dealkylation sites (tertiary alicyclic amines) is 1. The largest absolute Gasteiger partial charge is 0.341 e. The van der Waals surface area contributed by atoms with Crippen LogP contribution in [0.5, 0.6) is 0 Å². The van der Waals surface area contributed by atoms with Crippen LogP contribution in [0.15, 0.2) is 6.33 Å². The van der Waals surface area contributed by atoms with Crippen molar-refractivity contribution in [1.29, 1.82) is 0 Å². The number of aryl methyl sites for hydroxylation is 1. The van der Waals surface area contributed by atoms with Crippen molar-refractivity contribution in [2.75, 3.05) is 19.6 Å². The van der Waals surface area contributed by atoms with E-state index >= 15 is 0 Å². The van der Waals surface area contributed by atoms with Gasteiger partial charge in [0, 0.05) is 32.6 Å². The zero-order valence-corrected chi connectivity index (χ0v) is 12.1. The van der Waals surface area contributed by atoms with E-state index in [0.29, 0.717) is 12.5 Å². The Labute approximate surface area is 119 Å². The Morgan fingerprint density at radius 2 is 2.30 bits per heavy atom. The topological polar surface area (TPSA) is 77.0 Å². The summed E-state index contributed by atoms with van der Waals surface area (Å²) in [6, 6.07) is 0. The van der Waals surface area contributed by atoms with Gasteiger partial charge in [0.05, 0.1) is 5.41 Å². The lowest BCUT2D eigenvalue weighted by Crippen LogP contribution is -2.54. The van der Waals surface area contributed by atoms with Gasteiger partial charge in [-0.3, -0.25) is 4.79 Å². The average Bonchev–Trinajstić information content (AvgIpc) is 2.84. The summed E-state index contributed by atoms with van der Waals surface area (Å²) < 4.78 is 1.96. The molecule has 2 heterocycles. The Morgan fingerprint density at radius 3 is 2.85 bits per heavy atom. The zero-order chi connectivity index (χ0) is 14.2. The first-order valence-electron chi connectivity index (χ1n) is 7.50. The summed E-state index contributed by atoms with van der Waals surface area (Å²) in [5, 5.41) is 8.15. The van der Waals surface area contributed by atoms with E-state index in [4.69, 9.17) is 5.73 Å². The summed E-state index contributed by atoms with van der Waals surface area (Å²) in [4.78, 5) is 14.7. The fourth-order valence-electron chi connectivity index (χ4n) is 3.48. The molecule has 1 aromatic heterocycles. The summed E-state index contributed by atoms with van der Waals surface area (Å²) in [5.41, 5.74) is 5.59. The van der Waals surface area contributed by atoms with Gasteiger partial charge in [-0.1, -0.05) is 6.42 Å². The molecule has 1 aliphatic carbocycles. The summed E-state index contributed by atoms with van der Waals surface area (Å²) in [6.07, 6.45) is 6.86. The van der Waals surface area contributed by atoms with Crippen LogP contribution >= 0.6 is 0 Å². The van der Waals surface area contributed by atoms with Crippen molar-refractivity contribution in [3.63, 3.8) is 0 Å². The van der Waals surface area contributed by atoms with Gasteiger partial charge >= 0.3 is 0 Å². The molecule has 6 nitrogen and oxygen atoms in total. The average molecular weight is 277 g/mol. The van der Waals surface area contributed by atoms with Crippen LogP contribution in [0.25, 0.3) is 0 Å². The van der Waals surface area contributed by atoms with Gasteiger partial charge in [0.25, 0.3) is 0 Å². The van der Waals surface area contributed by atoms with Gasteiger partial charge in [0.2, 0.25) is 5.91 Å². The maximum atomic E-state index is 12.7. The van der Waals surface area contributed by atoms with E-state index in [0.717, 1.165) is 51.0 Å². The molecule has 1 atom stereocenters. The van der Waals surface area contributed by atoms with Gasteiger partial charge < -0.3 is 15.2 Å². The number of nitrogens with zero attached hydrogens (tertiary/aromatic N) is 4. The number of nitrogens with two attached hydrogens (primary N) is 1. The Kier molecular flexibility index (Phi) is 3.50. The number of hydrogen-bond donors (Lipinski definition) is 1. The molecule has 110 valence electrons. The molecule has 0 spiro atoms. The van der Waals surface area contributed by atoms with Crippen LogP contribution < -0.4 is 5.73 Å². The van der Waals surface area contributed by atoms with E-state index in [9.17, 15) is 4.79 Å². The summed E-state index contributed by atoms with van der Waals surface area (Å²) >= 11 is 0. The highest BCUT2D eigenvalue weighted by Crippen LogP contribution is 2.42. The van der Waals surface area contributed by atoms with Gasteiger partial charge in [-0.15, -0.1) is 10.2 Å². The van der Waals surface area contributed by atoms with Crippen LogP contribution in [-0.2, 0) is 11.8 Å². The SMILES string of the molecule is Cn1cnnc1C1CCCN(C(=O)C2(CN)CCC2)C1. The quantitative estimate of drug-likeness (QED) is 0.880. The van der Waals surface area contributed by atoms with Crippen molar-refractivity contribution < 1.29 is 4.79 Å². The smallest absolute Gasteiger partial charge is 0.230 e. The van der Waals surface area contributed by atoms with Crippen LogP contribution in [0.1, 0.15) is 43.8 Å². The minimum atomic E-state index is -0.262. The standard InChI is InChI=1S/C14H23N5O/c1-18-10-16-17-12(18)11-4-2-7-19(8-11)13(20)14(9-15)5-3-6-14/h10-11H,2-9,15H2,1H3. The van der Waals surface area contributed by atoms with Crippen molar-refractivity contribution in [2.45, 2.75) is 38.0 Å². The second-order valence-corrected chi connectivity index (χ2v) is 6.23. The van der Waals surface area contributed by atoms with Crippen LogP contribution in [0.3, 0.4) is 0 Å². The fraction of sp³-hybridized carbons (Fsp3) is 0.786. The Balaban J connectivity index is 1.72. The molecule has 20 heavy (non-hydrogen) atoms. The second kappa shape index (κ2) is 5.16. The molecule has 0 radical (unpaired) electrons. The molecule has 2 aliphatic rings. The number of carbonyl (C=O) groups excluding carboxylic acids is 1. The van der Waals surface area contributed by atoms with Gasteiger partial charge in [0.1, 0.15) is 12.2 Å². The lowest BCUT2D eigenvalue weighted by atomic mass is 9.67. The van der Waals surface area contributed by atoms with E-state index in [-0.39, 0.29) is 11.3 Å². The minimum absolute atomic E-state index is 0.262. The number of hydrogen-bond acceptors (Lipinski definition) is 4. The number of piperidine rings is 1. The summed E-state index contributed by atoms with van der Waals surface area (Å²) in [7, 11) is 1.96. The third kappa shape index (κ3) is 2.12. The molecule has 0 bridgehead atoms. The molecule has 1 aromatic rings. The minimum Gasteiger partial charge on any atom is -0.341 e. The molecule has 3 rings (SSSR count). The Hall–Kier alpha value is -1.43. The number of aromatic nitrogens is 3. The predicted molar refractivity (Wildman–Crippen MR) is 74.9 cm³/mol. The van der Waals surface area contributed by atoms with Gasteiger partial charge in [-0.2, -0.15) is 0 Å². The van der Waals surface area contributed by atoms with Crippen molar-refractivity contribution >= 4 is 5.91 Å². The Morgan fingerprint density at radius 1 is 1.50 bits per heavy atom. The molecule has 1 amide bonds.